The standard InChI is InChI=1S/C17H13Cl3N2O3/c1-9-6-10-4-2-3-5-12(10)22(9)13(23)8-25-17(24)16-15(20)14(19)11(18)7-21-16/h2-5,7,9H,6,8H2,1H3/t9-/m0/s1. The number of pyridine rings is 1. The molecule has 0 aliphatic carbocycles. The van der Waals surface area contributed by atoms with Crippen molar-refractivity contribution in [3.8, 4) is 0 Å². The SMILES string of the molecule is C[C@H]1Cc2ccccc2N1C(=O)COC(=O)c1ncc(Cl)c(Cl)c1Cl. The number of fused-ring (bicyclic) bond motifs is 1. The molecule has 1 atom stereocenters. The maximum atomic E-state index is 12.5. The predicted octanol–water partition coefficient (Wildman–Crippen LogP) is 4.18. The minimum Gasteiger partial charge on any atom is -0.451 e. The number of aromatic nitrogens is 1. The number of hydrogen-bond donors (Lipinski definition) is 0. The van der Waals surface area contributed by atoms with Gasteiger partial charge in [-0.05, 0) is 25.0 Å². The van der Waals surface area contributed by atoms with E-state index in [1.54, 1.807) is 4.90 Å². The van der Waals surface area contributed by atoms with Gasteiger partial charge in [0, 0.05) is 17.9 Å². The van der Waals surface area contributed by atoms with Crippen LogP contribution < -0.4 is 4.90 Å². The summed E-state index contributed by atoms with van der Waals surface area (Å²) in [5, 5.41) is 0.0343. The normalized spacial score (nSPS) is 15.8. The van der Waals surface area contributed by atoms with Crippen LogP contribution in [0, 0.1) is 0 Å². The Bertz CT molecular complexity index is 857. The number of halogens is 3. The minimum atomic E-state index is -0.836. The monoisotopic (exact) mass is 398 g/mol. The first-order valence-electron chi connectivity index (χ1n) is 7.46. The predicted molar refractivity (Wildman–Crippen MR) is 96.6 cm³/mol. The van der Waals surface area contributed by atoms with Gasteiger partial charge in [0.2, 0.25) is 0 Å². The van der Waals surface area contributed by atoms with Crippen LogP contribution in [0.25, 0.3) is 0 Å². The fraction of sp³-hybridized carbons (Fsp3) is 0.235. The largest absolute Gasteiger partial charge is 0.451 e. The van der Waals surface area contributed by atoms with Crippen LogP contribution in [0.2, 0.25) is 15.1 Å². The number of anilines is 1. The molecule has 0 bridgehead atoms. The second-order valence-corrected chi connectivity index (χ2v) is 6.77. The number of hydrogen-bond acceptors (Lipinski definition) is 4. The first-order chi connectivity index (χ1) is 11.9. The van der Waals surface area contributed by atoms with E-state index in [-0.39, 0.29) is 32.7 Å². The van der Waals surface area contributed by atoms with E-state index in [0.717, 1.165) is 17.7 Å². The molecule has 0 radical (unpaired) electrons. The van der Waals surface area contributed by atoms with Crippen molar-refractivity contribution in [3.05, 3.63) is 56.8 Å². The van der Waals surface area contributed by atoms with Crippen molar-refractivity contribution in [3.63, 3.8) is 0 Å². The van der Waals surface area contributed by atoms with Crippen LogP contribution in [0.5, 0.6) is 0 Å². The van der Waals surface area contributed by atoms with E-state index < -0.39 is 12.6 Å². The summed E-state index contributed by atoms with van der Waals surface area (Å²) in [6, 6.07) is 7.64. The third-order valence-electron chi connectivity index (χ3n) is 3.91. The minimum absolute atomic E-state index is 0.00436. The molecule has 1 aromatic carbocycles. The number of carbonyl (C=O) groups excluding carboxylic acids is 2. The molecule has 2 aromatic rings. The van der Waals surface area contributed by atoms with Gasteiger partial charge in [0.25, 0.3) is 5.91 Å². The second kappa shape index (κ2) is 7.20. The quantitative estimate of drug-likeness (QED) is 0.727. The number of carbonyl (C=O) groups is 2. The molecule has 0 saturated carbocycles. The summed E-state index contributed by atoms with van der Waals surface area (Å²) in [5.74, 6) is -1.15. The Hall–Kier alpha value is -1.82. The van der Waals surface area contributed by atoms with Crippen molar-refractivity contribution in [2.24, 2.45) is 0 Å². The molecule has 3 rings (SSSR count). The number of ether oxygens (including phenoxy) is 1. The van der Waals surface area contributed by atoms with Gasteiger partial charge < -0.3 is 9.64 Å². The fourth-order valence-electron chi connectivity index (χ4n) is 2.80. The molecule has 130 valence electrons. The molecule has 5 nitrogen and oxygen atoms in total. The summed E-state index contributed by atoms with van der Waals surface area (Å²) >= 11 is 17.6. The molecule has 0 fully saturated rings. The van der Waals surface area contributed by atoms with Crippen molar-refractivity contribution in [1.29, 1.82) is 0 Å². The van der Waals surface area contributed by atoms with E-state index >= 15 is 0 Å². The van der Waals surface area contributed by atoms with Crippen LogP contribution in [0.4, 0.5) is 5.69 Å². The highest BCUT2D eigenvalue weighted by Crippen LogP contribution is 2.33. The van der Waals surface area contributed by atoms with Crippen molar-refractivity contribution in [2.45, 2.75) is 19.4 Å². The van der Waals surface area contributed by atoms with E-state index in [9.17, 15) is 9.59 Å². The van der Waals surface area contributed by atoms with E-state index in [0.29, 0.717) is 0 Å². The van der Waals surface area contributed by atoms with Crippen molar-refractivity contribution in [2.75, 3.05) is 11.5 Å². The van der Waals surface area contributed by atoms with Gasteiger partial charge >= 0.3 is 5.97 Å². The van der Waals surface area contributed by atoms with Gasteiger partial charge in [-0.25, -0.2) is 9.78 Å². The van der Waals surface area contributed by atoms with Crippen molar-refractivity contribution < 1.29 is 14.3 Å². The lowest BCUT2D eigenvalue weighted by Gasteiger charge is -2.22. The third-order valence-corrected chi connectivity index (χ3v) is 5.15. The van der Waals surface area contributed by atoms with Crippen molar-refractivity contribution >= 4 is 52.4 Å². The summed E-state index contributed by atoms with van der Waals surface area (Å²) in [4.78, 5) is 30.1. The Kier molecular flexibility index (Phi) is 5.18. The summed E-state index contributed by atoms with van der Waals surface area (Å²) in [6.45, 7) is 1.52. The fourth-order valence-corrected chi connectivity index (χ4v) is 3.35. The van der Waals surface area contributed by atoms with Crippen LogP contribution >= 0.6 is 34.8 Å². The average Bonchev–Trinajstić information content (AvgIpc) is 2.93. The van der Waals surface area contributed by atoms with Gasteiger partial charge in [-0.1, -0.05) is 53.0 Å². The third kappa shape index (κ3) is 3.45. The summed E-state index contributed by atoms with van der Waals surface area (Å²) < 4.78 is 5.06. The zero-order valence-electron chi connectivity index (χ0n) is 13.1. The van der Waals surface area contributed by atoms with E-state index in [2.05, 4.69) is 4.98 Å². The molecule has 8 heteroatoms. The Morgan fingerprint density at radius 1 is 1.24 bits per heavy atom. The maximum absolute atomic E-state index is 12.5. The Morgan fingerprint density at radius 3 is 2.72 bits per heavy atom. The first kappa shape index (κ1) is 18.0. The van der Waals surface area contributed by atoms with Gasteiger partial charge in [0.05, 0.1) is 15.1 Å². The number of esters is 1. The topological polar surface area (TPSA) is 59.5 Å². The smallest absolute Gasteiger partial charge is 0.359 e. The summed E-state index contributed by atoms with van der Waals surface area (Å²) in [6.07, 6.45) is 1.96. The van der Waals surface area contributed by atoms with E-state index in [1.807, 2.05) is 31.2 Å². The maximum Gasteiger partial charge on any atom is 0.359 e. The second-order valence-electron chi connectivity index (χ2n) is 5.60. The van der Waals surface area contributed by atoms with E-state index in [1.165, 1.54) is 6.20 Å². The van der Waals surface area contributed by atoms with Crippen LogP contribution in [-0.2, 0) is 16.0 Å². The molecule has 2 heterocycles. The van der Waals surface area contributed by atoms with Gasteiger partial charge in [0.1, 0.15) is 0 Å². The Labute approximate surface area is 159 Å². The molecule has 0 N–H and O–H groups in total. The van der Waals surface area contributed by atoms with Crippen molar-refractivity contribution in [1.82, 2.24) is 4.98 Å². The van der Waals surface area contributed by atoms with Crippen LogP contribution in [0.3, 0.4) is 0 Å². The molecule has 1 aromatic heterocycles. The number of benzene rings is 1. The molecule has 0 saturated heterocycles. The Balaban J connectivity index is 1.71. The average molecular weight is 400 g/mol. The number of amides is 1. The van der Waals surface area contributed by atoms with Gasteiger partial charge in [-0.15, -0.1) is 0 Å². The van der Waals surface area contributed by atoms with Crippen LogP contribution in [-0.4, -0.2) is 29.5 Å². The molecule has 25 heavy (non-hydrogen) atoms. The molecule has 0 unspecified atom stereocenters. The van der Waals surface area contributed by atoms with Gasteiger partial charge in [-0.2, -0.15) is 0 Å². The molecular formula is C17H13Cl3N2O3. The molecule has 1 aliphatic heterocycles. The lowest BCUT2D eigenvalue weighted by atomic mass is 10.1. The lowest BCUT2D eigenvalue weighted by molar-refractivity contribution is -0.122. The zero-order valence-corrected chi connectivity index (χ0v) is 15.4. The lowest BCUT2D eigenvalue weighted by Crippen LogP contribution is -2.38. The first-order valence-corrected chi connectivity index (χ1v) is 8.60. The van der Waals surface area contributed by atoms with Crippen LogP contribution in [0.15, 0.2) is 30.5 Å². The molecule has 1 amide bonds. The zero-order chi connectivity index (χ0) is 18.1. The number of rotatable bonds is 3. The molecular weight excluding hydrogens is 387 g/mol. The van der Waals surface area contributed by atoms with Gasteiger partial charge in [-0.3, -0.25) is 4.79 Å². The van der Waals surface area contributed by atoms with E-state index in [4.69, 9.17) is 39.5 Å². The Morgan fingerprint density at radius 2 is 1.96 bits per heavy atom. The molecule has 0 spiro atoms. The molecule has 1 aliphatic rings. The highest BCUT2D eigenvalue weighted by Gasteiger charge is 2.31. The number of nitrogens with zero attached hydrogens (tertiary/aromatic N) is 2. The highest BCUT2D eigenvalue weighted by molar-refractivity contribution is 6.48. The number of para-hydroxylation sites is 1. The summed E-state index contributed by atoms with van der Waals surface area (Å²) in [7, 11) is 0. The summed E-state index contributed by atoms with van der Waals surface area (Å²) in [5.41, 5.74) is 1.74. The van der Waals surface area contributed by atoms with Crippen LogP contribution in [0.1, 0.15) is 23.0 Å². The highest BCUT2D eigenvalue weighted by atomic mass is 35.5. The van der Waals surface area contributed by atoms with Gasteiger partial charge in [0.15, 0.2) is 12.3 Å².